The Balaban J connectivity index is 0.00000300. The third-order valence-electron chi connectivity index (χ3n) is 4.82. The maximum atomic E-state index is 5.97. The van der Waals surface area contributed by atoms with Crippen LogP contribution in [0.15, 0.2) is 65.7 Å². The average Bonchev–Trinajstić information content (AvgIpc) is 3.22. The molecular formula is C23H32IN3O2. The van der Waals surface area contributed by atoms with E-state index < -0.39 is 0 Å². The molecule has 29 heavy (non-hydrogen) atoms. The van der Waals surface area contributed by atoms with Gasteiger partial charge in [0.15, 0.2) is 5.96 Å². The van der Waals surface area contributed by atoms with Gasteiger partial charge in [-0.05, 0) is 24.5 Å². The summed E-state index contributed by atoms with van der Waals surface area (Å²) in [5.74, 6) is 1.25. The van der Waals surface area contributed by atoms with E-state index in [-0.39, 0.29) is 30.1 Å². The van der Waals surface area contributed by atoms with Crippen LogP contribution in [0.25, 0.3) is 0 Å². The number of ether oxygens (including phenoxy) is 2. The molecule has 0 amide bonds. The number of nitrogens with one attached hydrogen (secondary N) is 2. The second kappa shape index (κ2) is 13.6. The van der Waals surface area contributed by atoms with E-state index in [1.54, 1.807) is 0 Å². The molecule has 1 aliphatic rings. The monoisotopic (exact) mass is 509 g/mol. The highest BCUT2D eigenvalue weighted by atomic mass is 127. The average molecular weight is 509 g/mol. The molecule has 0 aromatic heterocycles. The lowest BCUT2D eigenvalue weighted by Gasteiger charge is -2.18. The van der Waals surface area contributed by atoms with Crippen molar-refractivity contribution >= 4 is 29.9 Å². The third kappa shape index (κ3) is 7.95. The number of guanidine groups is 1. The molecule has 5 nitrogen and oxygen atoms in total. The molecule has 3 rings (SSSR count). The minimum Gasteiger partial charge on any atom is -0.375 e. The van der Waals surface area contributed by atoms with Crippen molar-refractivity contribution < 1.29 is 9.47 Å². The Kier molecular flexibility index (Phi) is 11.1. The molecule has 1 aliphatic heterocycles. The fourth-order valence-corrected chi connectivity index (χ4v) is 3.39. The van der Waals surface area contributed by atoms with Gasteiger partial charge in [0.05, 0.1) is 19.3 Å². The largest absolute Gasteiger partial charge is 0.375 e. The molecule has 0 bridgehead atoms. The number of nitrogens with zero attached hydrogens (tertiary/aromatic N) is 1. The Hall–Kier alpha value is -1.64. The van der Waals surface area contributed by atoms with Crippen LogP contribution in [0, 0.1) is 5.92 Å². The van der Waals surface area contributed by atoms with Crippen LogP contribution in [-0.2, 0) is 16.1 Å². The lowest BCUT2D eigenvalue weighted by molar-refractivity contribution is 0.0925. The molecule has 2 aromatic carbocycles. The van der Waals surface area contributed by atoms with Gasteiger partial charge in [-0.2, -0.15) is 0 Å². The van der Waals surface area contributed by atoms with Gasteiger partial charge in [-0.3, -0.25) is 4.99 Å². The molecule has 1 saturated heterocycles. The second-order valence-electron chi connectivity index (χ2n) is 6.94. The molecule has 0 spiro atoms. The number of hydrogen-bond acceptors (Lipinski definition) is 3. The lowest BCUT2D eigenvalue weighted by Crippen LogP contribution is -2.39. The third-order valence-corrected chi connectivity index (χ3v) is 4.82. The van der Waals surface area contributed by atoms with Gasteiger partial charge in [0, 0.05) is 32.2 Å². The molecule has 6 heteroatoms. The van der Waals surface area contributed by atoms with Crippen molar-refractivity contribution in [3.8, 4) is 0 Å². The summed E-state index contributed by atoms with van der Waals surface area (Å²) in [6.07, 6.45) is 1.19. The highest BCUT2D eigenvalue weighted by Crippen LogP contribution is 2.34. The molecule has 2 unspecified atom stereocenters. The first-order valence-corrected chi connectivity index (χ1v) is 10.2. The molecule has 1 heterocycles. The van der Waals surface area contributed by atoms with E-state index in [9.17, 15) is 0 Å². The summed E-state index contributed by atoms with van der Waals surface area (Å²) in [5, 5.41) is 6.67. The van der Waals surface area contributed by atoms with Gasteiger partial charge in [0.25, 0.3) is 0 Å². The Labute approximate surface area is 191 Å². The minimum absolute atomic E-state index is 0. The quantitative estimate of drug-likeness (QED) is 0.231. The van der Waals surface area contributed by atoms with Crippen molar-refractivity contribution in [2.75, 3.05) is 32.8 Å². The zero-order chi connectivity index (χ0) is 19.4. The summed E-state index contributed by atoms with van der Waals surface area (Å²) in [6.45, 7) is 6.46. The van der Waals surface area contributed by atoms with E-state index in [4.69, 9.17) is 14.5 Å². The first-order valence-electron chi connectivity index (χ1n) is 10.2. The van der Waals surface area contributed by atoms with Crippen molar-refractivity contribution in [3.05, 3.63) is 71.8 Å². The van der Waals surface area contributed by atoms with Crippen molar-refractivity contribution in [1.82, 2.24) is 10.6 Å². The van der Waals surface area contributed by atoms with Gasteiger partial charge < -0.3 is 20.1 Å². The summed E-state index contributed by atoms with van der Waals surface area (Å²) in [5.41, 5.74) is 2.43. The Morgan fingerprint density at radius 1 is 1.07 bits per heavy atom. The van der Waals surface area contributed by atoms with Crippen LogP contribution in [0.1, 0.15) is 30.6 Å². The highest BCUT2D eigenvalue weighted by Gasteiger charge is 2.29. The highest BCUT2D eigenvalue weighted by molar-refractivity contribution is 14.0. The zero-order valence-corrected chi connectivity index (χ0v) is 19.4. The van der Waals surface area contributed by atoms with Gasteiger partial charge in [-0.25, -0.2) is 0 Å². The van der Waals surface area contributed by atoms with Gasteiger partial charge in [0.1, 0.15) is 0 Å². The summed E-state index contributed by atoms with van der Waals surface area (Å²) in [6, 6.07) is 20.7. The SMILES string of the molecule is CCNC(=NCC1CCOC1c1ccccc1)NCCOCc1ccccc1.I. The summed E-state index contributed by atoms with van der Waals surface area (Å²) in [4.78, 5) is 4.79. The van der Waals surface area contributed by atoms with Crippen molar-refractivity contribution in [2.24, 2.45) is 10.9 Å². The van der Waals surface area contributed by atoms with Crippen LogP contribution in [-0.4, -0.2) is 38.8 Å². The molecule has 158 valence electrons. The summed E-state index contributed by atoms with van der Waals surface area (Å²) in [7, 11) is 0. The molecule has 2 atom stereocenters. The number of hydrogen-bond donors (Lipinski definition) is 2. The van der Waals surface area contributed by atoms with E-state index in [1.807, 2.05) is 24.3 Å². The van der Waals surface area contributed by atoms with Crippen LogP contribution in [0.4, 0.5) is 0 Å². The number of benzene rings is 2. The maximum absolute atomic E-state index is 5.97. The zero-order valence-electron chi connectivity index (χ0n) is 17.0. The van der Waals surface area contributed by atoms with Gasteiger partial charge in [-0.1, -0.05) is 60.7 Å². The molecule has 2 N–H and O–H groups in total. The van der Waals surface area contributed by atoms with E-state index in [0.717, 1.165) is 38.6 Å². The van der Waals surface area contributed by atoms with Gasteiger partial charge >= 0.3 is 0 Å². The standard InChI is InChI=1S/C23H31N3O2.HI/c1-2-24-23(25-14-16-27-18-19-9-5-3-6-10-19)26-17-21-13-15-28-22(21)20-11-7-4-8-12-20;/h3-12,21-22H,2,13-18H2,1H3,(H2,24,25,26);1H. The van der Waals surface area contributed by atoms with Crippen LogP contribution in [0.5, 0.6) is 0 Å². The van der Waals surface area contributed by atoms with Crippen molar-refractivity contribution in [2.45, 2.75) is 26.1 Å². The fourth-order valence-electron chi connectivity index (χ4n) is 3.39. The molecule has 0 aliphatic carbocycles. The molecule has 1 fully saturated rings. The van der Waals surface area contributed by atoms with Crippen LogP contribution in [0.2, 0.25) is 0 Å². The van der Waals surface area contributed by atoms with E-state index >= 15 is 0 Å². The van der Waals surface area contributed by atoms with Crippen molar-refractivity contribution in [1.29, 1.82) is 0 Å². The minimum atomic E-state index is 0. The second-order valence-corrected chi connectivity index (χ2v) is 6.94. The topological polar surface area (TPSA) is 54.9 Å². The molecule has 0 radical (unpaired) electrons. The molecule has 2 aromatic rings. The van der Waals surface area contributed by atoms with Crippen LogP contribution < -0.4 is 10.6 Å². The van der Waals surface area contributed by atoms with Crippen molar-refractivity contribution in [3.63, 3.8) is 0 Å². The van der Waals surface area contributed by atoms with Gasteiger partial charge in [-0.15, -0.1) is 24.0 Å². The van der Waals surface area contributed by atoms with Gasteiger partial charge in [0.2, 0.25) is 0 Å². The van der Waals surface area contributed by atoms with Crippen LogP contribution >= 0.6 is 24.0 Å². The normalized spacial score (nSPS) is 18.9. The van der Waals surface area contributed by atoms with Crippen LogP contribution in [0.3, 0.4) is 0 Å². The summed E-state index contributed by atoms with van der Waals surface area (Å²) >= 11 is 0. The smallest absolute Gasteiger partial charge is 0.191 e. The Morgan fingerprint density at radius 3 is 2.52 bits per heavy atom. The van der Waals surface area contributed by atoms with E-state index in [0.29, 0.717) is 19.1 Å². The predicted octanol–water partition coefficient (Wildman–Crippen LogP) is 4.15. The Morgan fingerprint density at radius 2 is 1.79 bits per heavy atom. The first-order chi connectivity index (χ1) is 13.9. The maximum Gasteiger partial charge on any atom is 0.191 e. The number of halogens is 1. The predicted molar refractivity (Wildman–Crippen MR) is 129 cm³/mol. The first kappa shape index (κ1) is 23.6. The lowest BCUT2D eigenvalue weighted by atomic mass is 9.95. The summed E-state index contributed by atoms with van der Waals surface area (Å²) < 4.78 is 11.7. The Bertz CT molecular complexity index is 713. The van der Waals surface area contributed by atoms with E-state index in [2.05, 4.69) is 54.0 Å². The molecule has 0 saturated carbocycles. The molecular weight excluding hydrogens is 477 g/mol. The number of rotatable bonds is 9. The van der Waals surface area contributed by atoms with E-state index in [1.165, 1.54) is 11.1 Å². The number of aliphatic imine (C=N–C) groups is 1. The fraction of sp³-hybridized carbons (Fsp3) is 0.435.